The smallest absolute Gasteiger partial charge is 0.254 e. The lowest BCUT2D eigenvalue weighted by Gasteiger charge is -2.22. The Hall–Kier alpha value is -2.82. The van der Waals surface area contributed by atoms with Gasteiger partial charge in [-0.1, -0.05) is 36.4 Å². The molecule has 0 bridgehead atoms. The molecule has 1 N–H and O–H groups in total. The van der Waals surface area contributed by atoms with Crippen LogP contribution in [0.4, 0.5) is 5.69 Å². The zero-order chi connectivity index (χ0) is 18.8. The van der Waals surface area contributed by atoms with Crippen LogP contribution in [0.15, 0.2) is 42.5 Å². The molecule has 2 amide bonds. The van der Waals surface area contributed by atoms with Gasteiger partial charge in [-0.3, -0.25) is 9.59 Å². The number of hydrogen-bond acceptors (Lipinski definition) is 3. The number of rotatable bonds is 5. The Balaban J connectivity index is 1.99. The number of hydrogen-bond donors (Lipinski definition) is 1. The van der Waals surface area contributed by atoms with Crippen LogP contribution < -0.4 is 15.0 Å². The number of carbonyl (C=O) groups excluding carboxylic acids is 2. The lowest BCUT2D eigenvalue weighted by Crippen LogP contribution is -2.36. The summed E-state index contributed by atoms with van der Waals surface area (Å²) < 4.78 is 5.89. The van der Waals surface area contributed by atoms with Crippen LogP contribution >= 0.6 is 0 Å². The molecule has 0 aromatic heterocycles. The van der Waals surface area contributed by atoms with Gasteiger partial charge in [0, 0.05) is 18.1 Å². The van der Waals surface area contributed by atoms with Crippen LogP contribution in [0, 0.1) is 6.92 Å². The fraction of sp³-hybridized carbons (Fsp3) is 0.333. The van der Waals surface area contributed by atoms with E-state index in [9.17, 15) is 9.59 Å². The highest BCUT2D eigenvalue weighted by molar-refractivity contribution is 6.06. The Kier molecular flexibility index (Phi) is 4.98. The van der Waals surface area contributed by atoms with E-state index in [0.717, 1.165) is 28.1 Å². The Labute approximate surface area is 154 Å². The number of carbonyl (C=O) groups is 2. The summed E-state index contributed by atoms with van der Waals surface area (Å²) in [6.07, 6.45) is 0.0478. The molecule has 0 radical (unpaired) electrons. The van der Waals surface area contributed by atoms with Crippen LogP contribution in [0.5, 0.6) is 5.75 Å². The number of amides is 2. The minimum Gasteiger partial charge on any atom is -0.491 e. The Morgan fingerprint density at radius 3 is 2.62 bits per heavy atom. The number of nitrogens with zero attached hydrogens (tertiary/aromatic N) is 1. The van der Waals surface area contributed by atoms with Gasteiger partial charge in [0.2, 0.25) is 5.91 Å². The first-order chi connectivity index (χ1) is 12.4. The van der Waals surface area contributed by atoms with E-state index in [1.165, 1.54) is 6.92 Å². The molecule has 5 heteroatoms. The van der Waals surface area contributed by atoms with Crippen LogP contribution in [0.25, 0.3) is 0 Å². The predicted octanol–water partition coefficient (Wildman–Crippen LogP) is 3.51. The van der Waals surface area contributed by atoms with E-state index in [4.69, 9.17) is 4.74 Å². The van der Waals surface area contributed by atoms with Crippen molar-refractivity contribution in [1.29, 1.82) is 0 Å². The molecule has 0 saturated carbocycles. The SMILES string of the molecule is CC(=O)NC1C(=O)N(Cc2ccccc2OC(C)C)c2c(C)cccc21. The first-order valence-electron chi connectivity index (χ1n) is 8.81. The molecule has 1 atom stereocenters. The summed E-state index contributed by atoms with van der Waals surface area (Å²) in [7, 11) is 0. The van der Waals surface area contributed by atoms with Crippen LogP contribution in [-0.2, 0) is 16.1 Å². The molecule has 0 aliphatic carbocycles. The molecule has 0 saturated heterocycles. The van der Waals surface area contributed by atoms with E-state index in [1.807, 2.05) is 63.2 Å². The second-order valence-electron chi connectivity index (χ2n) is 6.84. The molecular formula is C21H24N2O3. The molecule has 0 fully saturated rings. The Morgan fingerprint density at radius 2 is 1.92 bits per heavy atom. The maximum atomic E-state index is 13.1. The van der Waals surface area contributed by atoms with Gasteiger partial charge in [0.15, 0.2) is 0 Å². The molecule has 2 aromatic carbocycles. The van der Waals surface area contributed by atoms with Crippen LogP contribution in [0.2, 0.25) is 0 Å². The van der Waals surface area contributed by atoms with Crippen molar-refractivity contribution in [3.63, 3.8) is 0 Å². The third-order valence-electron chi connectivity index (χ3n) is 4.37. The fourth-order valence-corrected chi connectivity index (χ4v) is 3.36. The molecule has 2 aromatic rings. The summed E-state index contributed by atoms with van der Waals surface area (Å²) in [6, 6.07) is 12.9. The van der Waals surface area contributed by atoms with Crippen molar-refractivity contribution in [1.82, 2.24) is 5.32 Å². The monoisotopic (exact) mass is 352 g/mol. The first kappa shape index (κ1) is 18.0. The van der Waals surface area contributed by atoms with E-state index in [2.05, 4.69) is 5.32 Å². The lowest BCUT2D eigenvalue weighted by molar-refractivity contribution is -0.126. The van der Waals surface area contributed by atoms with Crippen LogP contribution in [-0.4, -0.2) is 17.9 Å². The summed E-state index contributed by atoms with van der Waals surface area (Å²) >= 11 is 0. The van der Waals surface area contributed by atoms with Gasteiger partial charge in [-0.2, -0.15) is 0 Å². The highest BCUT2D eigenvalue weighted by Crippen LogP contribution is 2.40. The lowest BCUT2D eigenvalue weighted by atomic mass is 10.0. The number of anilines is 1. The normalized spacial score (nSPS) is 16.0. The maximum absolute atomic E-state index is 13.1. The zero-order valence-corrected chi connectivity index (χ0v) is 15.6. The zero-order valence-electron chi connectivity index (χ0n) is 15.6. The van der Waals surface area contributed by atoms with Gasteiger partial charge in [-0.25, -0.2) is 0 Å². The van der Waals surface area contributed by atoms with Crippen molar-refractivity contribution in [3.8, 4) is 5.75 Å². The molecule has 3 rings (SSSR count). The maximum Gasteiger partial charge on any atom is 0.254 e. The summed E-state index contributed by atoms with van der Waals surface area (Å²) in [5.41, 5.74) is 3.65. The summed E-state index contributed by atoms with van der Waals surface area (Å²) in [5, 5.41) is 2.78. The van der Waals surface area contributed by atoms with Gasteiger partial charge < -0.3 is 15.0 Å². The van der Waals surface area contributed by atoms with E-state index in [1.54, 1.807) is 4.90 Å². The van der Waals surface area contributed by atoms with Crippen molar-refractivity contribution in [2.45, 2.75) is 46.4 Å². The van der Waals surface area contributed by atoms with E-state index in [0.29, 0.717) is 6.54 Å². The largest absolute Gasteiger partial charge is 0.491 e. The second kappa shape index (κ2) is 7.20. The topological polar surface area (TPSA) is 58.6 Å². The first-order valence-corrected chi connectivity index (χ1v) is 8.81. The minimum absolute atomic E-state index is 0.0478. The molecule has 5 nitrogen and oxygen atoms in total. The highest BCUT2D eigenvalue weighted by Gasteiger charge is 2.38. The van der Waals surface area contributed by atoms with Gasteiger partial charge in [-0.05, 0) is 32.4 Å². The number of fused-ring (bicyclic) bond motifs is 1. The molecule has 1 unspecified atom stereocenters. The van der Waals surface area contributed by atoms with Crippen molar-refractivity contribution in [2.75, 3.05) is 4.90 Å². The second-order valence-corrected chi connectivity index (χ2v) is 6.84. The van der Waals surface area contributed by atoms with Gasteiger partial charge in [0.25, 0.3) is 5.91 Å². The van der Waals surface area contributed by atoms with Gasteiger partial charge in [-0.15, -0.1) is 0 Å². The molecular weight excluding hydrogens is 328 g/mol. The number of aryl methyl sites for hydroxylation is 1. The van der Waals surface area contributed by atoms with Crippen molar-refractivity contribution in [2.24, 2.45) is 0 Å². The highest BCUT2D eigenvalue weighted by atomic mass is 16.5. The minimum atomic E-state index is -0.638. The predicted molar refractivity (Wildman–Crippen MR) is 101 cm³/mol. The Morgan fingerprint density at radius 1 is 1.19 bits per heavy atom. The van der Waals surface area contributed by atoms with Gasteiger partial charge in [0.05, 0.1) is 18.3 Å². The summed E-state index contributed by atoms with van der Waals surface area (Å²) in [4.78, 5) is 26.4. The third kappa shape index (κ3) is 3.43. The Bertz CT molecular complexity index is 845. The number of nitrogens with one attached hydrogen (secondary N) is 1. The molecule has 136 valence electrons. The molecule has 1 aliphatic heterocycles. The number of ether oxygens (including phenoxy) is 1. The summed E-state index contributed by atoms with van der Waals surface area (Å²) in [6.45, 7) is 7.76. The molecule has 26 heavy (non-hydrogen) atoms. The average molecular weight is 352 g/mol. The third-order valence-corrected chi connectivity index (χ3v) is 4.37. The fourth-order valence-electron chi connectivity index (χ4n) is 3.36. The van der Waals surface area contributed by atoms with E-state index < -0.39 is 6.04 Å². The molecule has 1 aliphatic rings. The average Bonchev–Trinajstić information content (AvgIpc) is 2.82. The summed E-state index contributed by atoms with van der Waals surface area (Å²) in [5.74, 6) is 0.429. The van der Waals surface area contributed by atoms with Crippen molar-refractivity contribution >= 4 is 17.5 Å². The van der Waals surface area contributed by atoms with Crippen molar-refractivity contribution in [3.05, 3.63) is 59.2 Å². The van der Waals surface area contributed by atoms with Crippen LogP contribution in [0.1, 0.15) is 43.5 Å². The van der Waals surface area contributed by atoms with Gasteiger partial charge >= 0.3 is 0 Å². The molecule has 1 heterocycles. The quantitative estimate of drug-likeness (QED) is 0.896. The van der Waals surface area contributed by atoms with E-state index in [-0.39, 0.29) is 17.9 Å². The van der Waals surface area contributed by atoms with E-state index >= 15 is 0 Å². The van der Waals surface area contributed by atoms with Crippen LogP contribution in [0.3, 0.4) is 0 Å². The van der Waals surface area contributed by atoms with Crippen molar-refractivity contribution < 1.29 is 14.3 Å². The number of para-hydroxylation sites is 2. The molecule has 0 spiro atoms. The standard InChI is InChI=1S/C21H24N2O3/c1-13(2)26-18-11-6-5-9-16(18)12-23-20-14(3)8-7-10-17(20)19(21(23)25)22-15(4)24/h5-11,13,19H,12H2,1-4H3,(H,22,24). The number of benzene rings is 2. The van der Waals surface area contributed by atoms with Gasteiger partial charge in [0.1, 0.15) is 11.8 Å².